The highest BCUT2D eigenvalue weighted by molar-refractivity contribution is 7.47. The lowest BCUT2D eigenvalue weighted by molar-refractivity contribution is -0.161. The molecule has 0 aromatic rings. The second-order valence-corrected chi connectivity index (χ2v) is 18.7. The largest absolute Gasteiger partial charge is 0.472 e. The second-order valence-electron chi connectivity index (χ2n) is 17.2. The molecule has 1 unspecified atom stereocenters. The van der Waals surface area contributed by atoms with Crippen LogP contribution in [0.3, 0.4) is 0 Å². The minimum absolute atomic E-state index is 0.186. The molecule has 0 rings (SSSR count). The molecule has 60 heavy (non-hydrogen) atoms. The van der Waals surface area contributed by atoms with Gasteiger partial charge in [-0.3, -0.25) is 18.6 Å². The molecule has 11 heteroatoms. The first kappa shape index (κ1) is 58.7. The molecule has 0 aromatic heterocycles. The maximum atomic E-state index is 12.6. The Labute approximate surface area is 368 Å². The third-order valence-corrected chi connectivity index (χ3v) is 12.1. The minimum atomic E-state index is -4.62. The van der Waals surface area contributed by atoms with E-state index < -0.39 is 51.8 Å². The second kappa shape index (κ2) is 45.7. The Bertz CT molecular complexity index is 1010. The van der Waals surface area contributed by atoms with Gasteiger partial charge >= 0.3 is 19.8 Å². The van der Waals surface area contributed by atoms with Gasteiger partial charge in [0.25, 0.3) is 0 Å². The Morgan fingerprint density at radius 3 is 1.25 bits per heavy atom. The molecular formula is C49H95O10P. The van der Waals surface area contributed by atoms with Crippen LogP contribution in [0.15, 0.2) is 12.2 Å². The molecule has 10 nitrogen and oxygen atoms in total. The van der Waals surface area contributed by atoms with E-state index in [-0.39, 0.29) is 19.4 Å². The number of unbranched alkanes of at least 4 members (excludes halogenated alkanes) is 32. The van der Waals surface area contributed by atoms with E-state index in [1.54, 1.807) is 0 Å². The molecule has 0 saturated carbocycles. The van der Waals surface area contributed by atoms with Gasteiger partial charge in [-0.1, -0.05) is 219 Å². The Balaban J connectivity index is 4.11. The molecule has 0 radical (unpaired) electrons. The molecule has 356 valence electrons. The molecule has 0 aliphatic heterocycles. The van der Waals surface area contributed by atoms with Gasteiger partial charge in [0.1, 0.15) is 12.7 Å². The summed E-state index contributed by atoms with van der Waals surface area (Å²) in [6.07, 6.45) is 46.1. The maximum absolute atomic E-state index is 12.6. The summed E-state index contributed by atoms with van der Waals surface area (Å²) in [6.45, 7) is 2.40. The fourth-order valence-corrected chi connectivity index (χ4v) is 8.06. The monoisotopic (exact) mass is 875 g/mol. The third-order valence-electron chi connectivity index (χ3n) is 11.2. The summed E-state index contributed by atoms with van der Waals surface area (Å²) in [4.78, 5) is 35.1. The van der Waals surface area contributed by atoms with Crippen molar-refractivity contribution in [1.82, 2.24) is 0 Å². The Hall–Kier alpha value is -1.29. The van der Waals surface area contributed by atoms with Crippen LogP contribution in [0.5, 0.6) is 0 Å². The highest BCUT2D eigenvalue weighted by Crippen LogP contribution is 2.43. The summed E-state index contributed by atoms with van der Waals surface area (Å²) in [5.74, 6) is -0.912. The van der Waals surface area contributed by atoms with Crippen molar-refractivity contribution in [2.24, 2.45) is 0 Å². The minimum Gasteiger partial charge on any atom is -0.462 e. The van der Waals surface area contributed by atoms with Crippen molar-refractivity contribution in [1.29, 1.82) is 0 Å². The Morgan fingerprint density at radius 2 is 0.833 bits per heavy atom. The number of hydrogen-bond donors (Lipinski definition) is 3. The van der Waals surface area contributed by atoms with Crippen LogP contribution in [0, 0.1) is 0 Å². The highest BCUT2D eigenvalue weighted by Gasteiger charge is 2.27. The van der Waals surface area contributed by atoms with E-state index in [4.69, 9.17) is 23.6 Å². The normalized spacial score (nSPS) is 13.8. The Morgan fingerprint density at radius 1 is 0.483 bits per heavy atom. The van der Waals surface area contributed by atoms with E-state index in [1.807, 2.05) is 0 Å². The lowest BCUT2D eigenvalue weighted by Crippen LogP contribution is -2.29. The topological polar surface area (TPSA) is 149 Å². The molecule has 0 amide bonds. The summed E-state index contributed by atoms with van der Waals surface area (Å²) in [6, 6.07) is 0. The average molecular weight is 875 g/mol. The van der Waals surface area contributed by atoms with Gasteiger partial charge in [0, 0.05) is 12.8 Å². The summed E-state index contributed by atoms with van der Waals surface area (Å²) in [7, 11) is -4.62. The molecule has 0 aliphatic rings. The zero-order valence-corrected chi connectivity index (χ0v) is 39.8. The van der Waals surface area contributed by atoms with Gasteiger partial charge in [-0.05, 0) is 32.1 Å². The number of esters is 2. The van der Waals surface area contributed by atoms with Crippen LogP contribution in [0.1, 0.15) is 251 Å². The van der Waals surface area contributed by atoms with Crippen LogP contribution in [0.25, 0.3) is 0 Å². The number of allylic oxidation sites excluding steroid dienone is 2. The molecule has 0 heterocycles. The van der Waals surface area contributed by atoms with E-state index in [1.165, 1.54) is 180 Å². The molecule has 3 atom stereocenters. The first-order valence-electron chi connectivity index (χ1n) is 25.1. The van der Waals surface area contributed by atoms with Gasteiger partial charge in [0.05, 0.1) is 19.8 Å². The fraction of sp³-hybridized carbons (Fsp3) is 0.918. The number of carbonyl (C=O) groups excluding carboxylic acids is 2. The van der Waals surface area contributed by atoms with Crippen molar-refractivity contribution >= 4 is 19.8 Å². The van der Waals surface area contributed by atoms with E-state index in [2.05, 4.69) is 26.0 Å². The number of phosphoric ester groups is 1. The first-order chi connectivity index (χ1) is 29.2. The predicted molar refractivity (Wildman–Crippen MR) is 247 cm³/mol. The fourth-order valence-electron chi connectivity index (χ4n) is 7.27. The van der Waals surface area contributed by atoms with Crippen LogP contribution < -0.4 is 0 Å². The molecule has 0 spiro atoms. The van der Waals surface area contributed by atoms with Crippen molar-refractivity contribution in [2.45, 2.75) is 264 Å². The van der Waals surface area contributed by atoms with Crippen LogP contribution in [-0.2, 0) is 32.7 Å². The molecule has 3 N–H and O–H groups in total. The van der Waals surface area contributed by atoms with E-state index in [0.29, 0.717) is 12.8 Å². The van der Waals surface area contributed by atoms with Crippen molar-refractivity contribution < 1.29 is 47.8 Å². The molecule has 0 aromatic carbocycles. The number of ether oxygens (including phenoxy) is 2. The van der Waals surface area contributed by atoms with Crippen LogP contribution >= 0.6 is 7.82 Å². The average Bonchev–Trinajstić information content (AvgIpc) is 3.24. The van der Waals surface area contributed by atoms with E-state index >= 15 is 0 Å². The maximum Gasteiger partial charge on any atom is 0.472 e. The lowest BCUT2D eigenvalue weighted by Gasteiger charge is -2.20. The summed E-state index contributed by atoms with van der Waals surface area (Å²) in [5.41, 5.74) is 0. The number of rotatable bonds is 48. The highest BCUT2D eigenvalue weighted by atomic mass is 31.2. The zero-order chi connectivity index (χ0) is 44.0. The van der Waals surface area contributed by atoms with Crippen molar-refractivity contribution in [3.8, 4) is 0 Å². The van der Waals surface area contributed by atoms with Crippen molar-refractivity contribution in [3.63, 3.8) is 0 Å². The van der Waals surface area contributed by atoms with Gasteiger partial charge in [-0.15, -0.1) is 0 Å². The van der Waals surface area contributed by atoms with Crippen molar-refractivity contribution in [3.05, 3.63) is 12.2 Å². The van der Waals surface area contributed by atoms with E-state index in [9.17, 15) is 24.2 Å². The molecule has 0 aliphatic carbocycles. The molecular weight excluding hydrogens is 780 g/mol. The van der Waals surface area contributed by atoms with Gasteiger partial charge in [-0.25, -0.2) is 4.57 Å². The van der Waals surface area contributed by atoms with Gasteiger partial charge in [-0.2, -0.15) is 0 Å². The number of aliphatic hydroxyl groups is 2. The standard InChI is InChI=1S/C49H95O10P/c1-3-5-7-9-11-13-15-17-19-20-21-22-23-24-25-27-28-30-32-34-36-38-40-48(52)56-44-47(45-58-60(54,55)57-43-46(51)42-50)59-49(53)41-39-37-35-33-31-29-26-18-16-14-12-10-8-6-4-2/h10,12,46-47,50-51H,3-9,11,13-45H2,1-2H3,(H,54,55)/b12-10+/t46-,47-/m1/s1. The van der Waals surface area contributed by atoms with Gasteiger partial charge in [0.15, 0.2) is 6.10 Å². The number of phosphoric acid groups is 1. The van der Waals surface area contributed by atoms with Crippen molar-refractivity contribution in [2.75, 3.05) is 26.4 Å². The van der Waals surface area contributed by atoms with Crippen LogP contribution in [0.4, 0.5) is 0 Å². The van der Waals surface area contributed by atoms with Crippen LogP contribution in [-0.4, -0.2) is 65.7 Å². The quantitative estimate of drug-likeness (QED) is 0.0233. The molecule has 0 fully saturated rings. The number of hydrogen-bond acceptors (Lipinski definition) is 9. The SMILES string of the molecule is CCCC/C=C/CCCCCCCCCCCC(=O)O[C@H](COC(=O)CCCCCCCCCCCCCCCCCCCCCCCC)COP(=O)(O)OC[C@H](O)CO. The van der Waals surface area contributed by atoms with Gasteiger partial charge in [0.2, 0.25) is 0 Å². The summed E-state index contributed by atoms with van der Waals surface area (Å²) in [5, 5.41) is 18.4. The predicted octanol–water partition coefficient (Wildman–Crippen LogP) is 14.0. The zero-order valence-electron chi connectivity index (χ0n) is 38.9. The van der Waals surface area contributed by atoms with Crippen LogP contribution in [0.2, 0.25) is 0 Å². The summed E-state index contributed by atoms with van der Waals surface area (Å²) >= 11 is 0. The number of aliphatic hydroxyl groups excluding tert-OH is 2. The smallest absolute Gasteiger partial charge is 0.462 e. The first-order valence-corrected chi connectivity index (χ1v) is 26.6. The molecule has 0 saturated heterocycles. The number of carbonyl (C=O) groups is 2. The lowest BCUT2D eigenvalue weighted by atomic mass is 10.0. The summed E-state index contributed by atoms with van der Waals surface area (Å²) < 4.78 is 32.8. The molecule has 0 bridgehead atoms. The third kappa shape index (κ3) is 44.8. The Kier molecular flexibility index (Phi) is 44.7. The van der Waals surface area contributed by atoms with E-state index in [0.717, 1.165) is 32.1 Å². The van der Waals surface area contributed by atoms with Gasteiger partial charge < -0.3 is 24.6 Å².